The second-order valence-corrected chi connectivity index (χ2v) is 4.17. The van der Waals surface area contributed by atoms with Crippen LogP contribution in [0.2, 0.25) is 0 Å². The Kier molecular flexibility index (Phi) is 6.98. The molecule has 0 spiro atoms. The Morgan fingerprint density at radius 3 is 2.93 bits per heavy atom. The van der Waals surface area contributed by atoms with Crippen LogP contribution in [0.3, 0.4) is 0 Å². The van der Waals surface area contributed by atoms with Crippen molar-refractivity contribution in [2.75, 3.05) is 39.5 Å². The normalized spacial score (nSPS) is 23.2. The second-order valence-electron chi connectivity index (χ2n) is 4.17. The van der Waals surface area contributed by atoms with Crippen LogP contribution in [0, 0.1) is 0 Å². The van der Waals surface area contributed by atoms with Crippen molar-refractivity contribution >= 4 is 0 Å². The molecule has 15 heavy (non-hydrogen) atoms. The lowest BCUT2D eigenvalue weighted by atomic mass is 10.2. The Morgan fingerprint density at radius 1 is 1.33 bits per heavy atom. The van der Waals surface area contributed by atoms with Gasteiger partial charge in [-0.1, -0.05) is 26.7 Å². The van der Waals surface area contributed by atoms with Gasteiger partial charge < -0.3 is 9.47 Å². The number of likely N-dealkylation sites (N-methyl/N-ethyl adjacent to an activating group) is 1. The molecule has 90 valence electrons. The van der Waals surface area contributed by atoms with Crippen LogP contribution in [0.4, 0.5) is 0 Å². The molecule has 1 saturated heterocycles. The summed E-state index contributed by atoms with van der Waals surface area (Å²) >= 11 is 0. The zero-order valence-electron chi connectivity index (χ0n) is 10.2. The zero-order valence-corrected chi connectivity index (χ0v) is 10.2. The summed E-state index contributed by atoms with van der Waals surface area (Å²) in [6.07, 6.45) is 4.00. The van der Waals surface area contributed by atoms with Gasteiger partial charge in [-0.15, -0.1) is 0 Å². The molecule has 0 bridgehead atoms. The van der Waals surface area contributed by atoms with Crippen molar-refractivity contribution in [1.82, 2.24) is 4.90 Å². The molecule has 1 atom stereocenters. The number of hydrogen-bond acceptors (Lipinski definition) is 3. The number of rotatable bonds is 7. The van der Waals surface area contributed by atoms with E-state index in [4.69, 9.17) is 9.47 Å². The van der Waals surface area contributed by atoms with Gasteiger partial charge in [0.05, 0.1) is 19.3 Å². The van der Waals surface area contributed by atoms with Gasteiger partial charge in [0.25, 0.3) is 0 Å². The fraction of sp³-hybridized carbons (Fsp3) is 1.00. The standard InChI is InChI=1S/C12H25NO2/c1-3-5-6-8-14-11-12-10-13(4-2)7-9-15-12/h12H,3-11H2,1-2H3/t12-/m0/s1. The molecule has 0 radical (unpaired) electrons. The van der Waals surface area contributed by atoms with Crippen LogP contribution in [0.25, 0.3) is 0 Å². The van der Waals surface area contributed by atoms with Crippen molar-refractivity contribution in [2.24, 2.45) is 0 Å². The van der Waals surface area contributed by atoms with E-state index < -0.39 is 0 Å². The first-order valence-corrected chi connectivity index (χ1v) is 6.28. The highest BCUT2D eigenvalue weighted by Gasteiger charge is 2.18. The minimum absolute atomic E-state index is 0.292. The molecule has 0 aliphatic carbocycles. The van der Waals surface area contributed by atoms with E-state index in [1.807, 2.05) is 0 Å². The van der Waals surface area contributed by atoms with Crippen molar-refractivity contribution in [2.45, 2.75) is 39.2 Å². The van der Waals surface area contributed by atoms with Gasteiger partial charge in [0, 0.05) is 19.7 Å². The predicted molar refractivity (Wildman–Crippen MR) is 62.2 cm³/mol. The van der Waals surface area contributed by atoms with E-state index in [2.05, 4.69) is 18.7 Å². The van der Waals surface area contributed by atoms with Gasteiger partial charge in [-0.2, -0.15) is 0 Å². The largest absolute Gasteiger partial charge is 0.379 e. The quantitative estimate of drug-likeness (QED) is 0.606. The van der Waals surface area contributed by atoms with Crippen molar-refractivity contribution in [3.63, 3.8) is 0 Å². The molecule has 3 heteroatoms. The highest BCUT2D eigenvalue weighted by atomic mass is 16.5. The van der Waals surface area contributed by atoms with E-state index in [1.54, 1.807) is 0 Å². The first-order valence-electron chi connectivity index (χ1n) is 6.28. The number of nitrogens with zero attached hydrogens (tertiary/aromatic N) is 1. The van der Waals surface area contributed by atoms with Gasteiger partial charge >= 0.3 is 0 Å². The summed E-state index contributed by atoms with van der Waals surface area (Å²) in [6, 6.07) is 0. The summed E-state index contributed by atoms with van der Waals surface area (Å²) in [5, 5.41) is 0. The highest BCUT2D eigenvalue weighted by molar-refractivity contribution is 4.69. The van der Waals surface area contributed by atoms with Crippen molar-refractivity contribution in [3.8, 4) is 0 Å². The molecule has 0 aromatic heterocycles. The Hall–Kier alpha value is -0.120. The summed E-state index contributed by atoms with van der Waals surface area (Å²) in [6.45, 7) is 10.1. The minimum Gasteiger partial charge on any atom is -0.379 e. The van der Waals surface area contributed by atoms with Crippen LogP contribution in [0.5, 0.6) is 0 Å². The molecule has 1 heterocycles. The smallest absolute Gasteiger partial charge is 0.0935 e. The van der Waals surface area contributed by atoms with Crippen molar-refractivity contribution < 1.29 is 9.47 Å². The minimum atomic E-state index is 0.292. The first-order chi connectivity index (χ1) is 7.36. The molecule has 1 aliphatic heterocycles. The second kappa shape index (κ2) is 8.08. The monoisotopic (exact) mass is 215 g/mol. The van der Waals surface area contributed by atoms with Crippen LogP contribution in [-0.4, -0.2) is 50.5 Å². The molecule has 0 saturated carbocycles. The van der Waals surface area contributed by atoms with E-state index in [1.165, 1.54) is 19.3 Å². The summed E-state index contributed by atoms with van der Waals surface area (Å²) in [4.78, 5) is 2.42. The molecule has 3 nitrogen and oxygen atoms in total. The Labute approximate surface area is 93.7 Å². The lowest BCUT2D eigenvalue weighted by molar-refractivity contribution is -0.0681. The van der Waals surface area contributed by atoms with E-state index in [0.29, 0.717) is 6.10 Å². The van der Waals surface area contributed by atoms with E-state index in [0.717, 1.165) is 39.5 Å². The van der Waals surface area contributed by atoms with Crippen LogP contribution < -0.4 is 0 Å². The maximum absolute atomic E-state index is 5.65. The van der Waals surface area contributed by atoms with Crippen molar-refractivity contribution in [3.05, 3.63) is 0 Å². The SMILES string of the molecule is CCCCCOC[C@@H]1CN(CC)CCO1. The van der Waals surface area contributed by atoms with Crippen LogP contribution in [0.15, 0.2) is 0 Å². The number of morpholine rings is 1. The van der Waals surface area contributed by atoms with E-state index in [9.17, 15) is 0 Å². The fourth-order valence-corrected chi connectivity index (χ4v) is 1.84. The summed E-state index contributed by atoms with van der Waals surface area (Å²) in [5.74, 6) is 0. The Balaban J connectivity index is 2.00. The third-order valence-electron chi connectivity index (χ3n) is 2.87. The van der Waals surface area contributed by atoms with Gasteiger partial charge in [0.15, 0.2) is 0 Å². The average Bonchev–Trinajstić information content (AvgIpc) is 2.29. The highest BCUT2D eigenvalue weighted by Crippen LogP contribution is 2.05. The van der Waals surface area contributed by atoms with Crippen LogP contribution >= 0.6 is 0 Å². The summed E-state index contributed by atoms with van der Waals surface area (Å²) in [7, 11) is 0. The molecule has 0 aromatic rings. The molecule has 0 unspecified atom stereocenters. The molecule has 1 aliphatic rings. The molecular weight excluding hydrogens is 190 g/mol. The van der Waals surface area contributed by atoms with E-state index in [-0.39, 0.29) is 0 Å². The average molecular weight is 215 g/mol. The van der Waals surface area contributed by atoms with Gasteiger partial charge in [-0.3, -0.25) is 4.90 Å². The van der Waals surface area contributed by atoms with Crippen LogP contribution in [0.1, 0.15) is 33.1 Å². The van der Waals surface area contributed by atoms with E-state index >= 15 is 0 Å². The molecular formula is C12H25NO2. The lowest BCUT2D eigenvalue weighted by Crippen LogP contribution is -2.44. The molecule has 0 aromatic carbocycles. The molecule has 1 fully saturated rings. The molecule has 1 rings (SSSR count). The topological polar surface area (TPSA) is 21.7 Å². The third kappa shape index (κ3) is 5.50. The fourth-order valence-electron chi connectivity index (χ4n) is 1.84. The van der Waals surface area contributed by atoms with Gasteiger partial charge in [-0.05, 0) is 13.0 Å². The third-order valence-corrected chi connectivity index (χ3v) is 2.87. The molecule has 0 N–H and O–H groups in total. The zero-order chi connectivity index (χ0) is 10.9. The maximum Gasteiger partial charge on any atom is 0.0935 e. The van der Waals surface area contributed by atoms with Gasteiger partial charge in [0.2, 0.25) is 0 Å². The summed E-state index contributed by atoms with van der Waals surface area (Å²) in [5.41, 5.74) is 0. The number of unbranched alkanes of at least 4 members (excludes halogenated alkanes) is 2. The van der Waals surface area contributed by atoms with Crippen molar-refractivity contribution in [1.29, 1.82) is 0 Å². The maximum atomic E-state index is 5.65. The number of hydrogen-bond donors (Lipinski definition) is 0. The molecule has 0 amide bonds. The lowest BCUT2D eigenvalue weighted by Gasteiger charge is -2.31. The summed E-state index contributed by atoms with van der Waals surface area (Å²) < 4.78 is 11.3. The van der Waals surface area contributed by atoms with Gasteiger partial charge in [0.1, 0.15) is 0 Å². The first kappa shape index (κ1) is 12.9. The van der Waals surface area contributed by atoms with Gasteiger partial charge in [-0.25, -0.2) is 0 Å². The Bertz CT molecular complexity index is 153. The Morgan fingerprint density at radius 2 is 2.20 bits per heavy atom. The van der Waals surface area contributed by atoms with Crippen LogP contribution in [-0.2, 0) is 9.47 Å². The predicted octanol–water partition coefficient (Wildman–Crippen LogP) is 1.91. The number of ether oxygens (including phenoxy) is 2.